The van der Waals surface area contributed by atoms with Crippen molar-refractivity contribution < 1.29 is 16.8 Å². The van der Waals surface area contributed by atoms with E-state index < -0.39 is 20.0 Å². The maximum atomic E-state index is 12.0. The molecule has 0 saturated carbocycles. The van der Waals surface area contributed by atoms with Gasteiger partial charge in [0.05, 0.1) is 23.4 Å². The number of hydrogen-bond donors (Lipinski definition) is 1. The molecule has 0 aromatic carbocycles. The van der Waals surface area contributed by atoms with E-state index in [1.807, 2.05) is 6.92 Å². The van der Waals surface area contributed by atoms with E-state index in [0.29, 0.717) is 38.2 Å². The van der Waals surface area contributed by atoms with Gasteiger partial charge in [-0.05, 0) is 32.6 Å². The van der Waals surface area contributed by atoms with E-state index in [1.165, 1.54) is 10.5 Å². The molecule has 1 aromatic rings. The molecule has 0 bridgehead atoms. The molecule has 2 heterocycles. The average Bonchev–Trinajstić information content (AvgIpc) is 3.14. The van der Waals surface area contributed by atoms with E-state index in [0.717, 1.165) is 12.8 Å². The Morgan fingerprint density at radius 1 is 1.13 bits per heavy atom. The molecule has 1 aliphatic heterocycles. The van der Waals surface area contributed by atoms with Crippen molar-refractivity contribution in [1.29, 1.82) is 0 Å². The number of anilines is 1. The van der Waals surface area contributed by atoms with Crippen molar-refractivity contribution in [2.75, 3.05) is 29.3 Å². The Morgan fingerprint density at radius 3 is 2.39 bits per heavy atom. The maximum Gasteiger partial charge on any atom is 0.232 e. The Morgan fingerprint density at radius 2 is 1.78 bits per heavy atom. The first-order chi connectivity index (χ1) is 10.8. The summed E-state index contributed by atoms with van der Waals surface area (Å²) < 4.78 is 53.6. The number of aryl methyl sites for hydroxylation is 1. The topological polar surface area (TPSA) is 101 Å². The van der Waals surface area contributed by atoms with E-state index in [4.69, 9.17) is 0 Å². The van der Waals surface area contributed by atoms with Gasteiger partial charge in [-0.1, -0.05) is 0 Å². The second kappa shape index (κ2) is 7.63. The summed E-state index contributed by atoms with van der Waals surface area (Å²) in [6.07, 6.45) is 5.54. The van der Waals surface area contributed by atoms with Crippen LogP contribution in [0.3, 0.4) is 0 Å². The Balaban J connectivity index is 1.76. The summed E-state index contributed by atoms with van der Waals surface area (Å²) in [5, 5.41) is 4.00. The zero-order valence-corrected chi connectivity index (χ0v) is 14.9. The Kier molecular flexibility index (Phi) is 6.04. The molecule has 0 atom stereocenters. The molecule has 2 rings (SSSR count). The average molecular weight is 364 g/mol. The van der Waals surface area contributed by atoms with E-state index >= 15 is 0 Å². The second-order valence-corrected chi connectivity index (χ2v) is 9.57. The number of sulfonamides is 2. The van der Waals surface area contributed by atoms with Crippen molar-refractivity contribution >= 4 is 25.7 Å². The van der Waals surface area contributed by atoms with Gasteiger partial charge in [0, 0.05) is 25.8 Å². The van der Waals surface area contributed by atoms with Gasteiger partial charge in [-0.15, -0.1) is 0 Å². The molecule has 132 valence electrons. The lowest BCUT2D eigenvalue weighted by Gasteiger charge is -2.15. The normalized spacial score (nSPS) is 16.7. The van der Waals surface area contributed by atoms with Gasteiger partial charge in [-0.3, -0.25) is 9.40 Å². The molecule has 1 aliphatic rings. The molecule has 1 N–H and O–H groups in total. The molecular formula is C13H24N4O4S2. The minimum atomic E-state index is -3.48. The highest BCUT2D eigenvalue weighted by atomic mass is 32.2. The fourth-order valence-electron chi connectivity index (χ4n) is 2.49. The van der Waals surface area contributed by atoms with Crippen molar-refractivity contribution in [3.05, 3.63) is 12.4 Å². The molecule has 0 spiro atoms. The highest BCUT2D eigenvalue weighted by Crippen LogP contribution is 2.15. The summed E-state index contributed by atoms with van der Waals surface area (Å²) in [5.74, 6) is -0.0872. The SMILES string of the molecule is CCn1cc(NS(=O)(=O)CCCCS(=O)(=O)N2CCCC2)cn1. The highest BCUT2D eigenvalue weighted by Gasteiger charge is 2.24. The minimum Gasteiger partial charge on any atom is -0.280 e. The first-order valence-corrected chi connectivity index (χ1v) is 11.1. The number of hydrogen-bond acceptors (Lipinski definition) is 5. The third-order valence-electron chi connectivity index (χ3n) is 3.75. The Bertz CT molecular complexity index is 706. The van der Waals surface area contributed by atoms with Crippen LogP contribution in [0, 0.1) is 0 Å². The zero-order valence-electron chi connectivity index (χ0n) is 13.3. The van der Waals surface area contributed by atoms with Crippen molar-refractivity contribution in [3.63, 3.8) is 0 Å². The number of aromatic nitrogens is 2. The molecule has 0 radical (unpaired) electrons. The molecule has 10 heteroatoms. The van der Waals surface area contributed by atoms with Crippen LogP contribution in [0.1, 0.15) is 32.6 Å². The Labute approximate surface area is 138 Å². The van der Waals surface area contributed by atoms with E-state index in [1.54, 1.807) is 10.9 Å². The van der Waals surface area contributed by atoms with Crippen LogP contribution in [0.2, 0.25) is 0 Å². The van der Waals surface area contributed by atoms with Gasteiger partial charge in [0.15, 0.2) is 0 Å². The second-order valence-electron chi connectivity index (χ2n) is 5.63. The van der Waals surface area contributed by atoms with E-state index in [9.17, 15) is 16.8 Å². The minimum absolute atomic E-state index is 0.0102. The summed E-state index contributed by atoms with van der Waals surface area (Å²) >= 11 is 0. The summed E-state index contributed by atoms with van der Waals surface area (Å²) in [7, 11) is -6.71. The van der Waals surface area contributed by atoms with E-state index in [2.05, 4.69) is 9.82 Å². The monoisotopic (exact) mass is 364 g/mol. The molecule has 1 saturated heterocycles. The Hall–Kier alpha value is -1.13. The molecule has 1 fully saturated rings. The van der Waals surface area contributed by atoms with Crippen molar-refractivity contribution in [2.24, 2.45) is 0 Å². The van der Waals surface area contributed by atoms with Gasteiger partial charge in [0.1, 0.15) is 0 Å². The number of nitrogens with zero attached hydrogens (tertiary/aromatic N) is 3. The first kappa shape index (κ1) is 18.2. The summed E-state index contributed by atoms with van der Waals surface area (Å²) in [5.41, 5.74) is 0.427. The molecule has 8 nitrogen and oxygen atoms in total. The standard InChI is InChI=1S/C13H24N4O4S2/c1-2-16-12-13(11-14-16)15-22(18,19)9-5-6-10-23(20,21)17-7-3-4-8-17/h11-12,15H,2-10H2,1H3. The van der Waals surface area contributed by atoms with Crippen LogP contribution in [0.15, 0.2) is 12.4 Å². The van der Waals surface area contributed by atoms with E-state index in [-0.39, 0.29) is 11.5 Å². The van der Waals surface area contributed by atoms with Gasteiger partial charge in [-0.2, -0.15) is 5.10 Å². The number of rotatable bonds is 9. The molecule has 0 unspecified atom stereocenters. The van der Waals surface area contributed by atoms with Crippen LogP contribution in [0.4, 0.5) is 5.69 Å². The smallest absolute Gasteiger partial charge is 0.232 e. The fourth-order valence-corrected chi connectivity index (χ4v) is 5.28. The number of unbranched alkanes of at least 4 members (excludes halogenated alkanes) is 1. The van der Waals surface area contributed by atoms with Gasteiger partial charge in [0.2, 0.25) is 20.0 Å². The summed E-state index contributed by atoms with van der Waals surface area (Å²) in [6, 6.07) is 0. The highest BCUT2D eigenvalue weighted by molar-refractivity contribution is 7.92. The lowest BCUT2D eigenvalue weighted by molar-refractivity contribution is 0.475. The number of nitrogens with one attached hydrogen (secondary N) is 1. The molecule has 1 aromatic heterocycles. The van der Waals surface area contributed by atoms with Crippen LogP contribution < -0.4 is 4.72 Å². The van der Waals surface area contributed by atoms with Crippen LogP contribution in [-0.2, 0) is 26.6 Å². The van der Waals surface area contributed by atoms with Gasteiger partial charge in [0.25, 0.3) is 0 Å². The van der Waals surface area contributed by atoms with Crippen LogP contribution >= 0.6 is 0 Å². The van der Waals surface area contributed by atoms with Crippen LogP contribution in [0.25, 0.3) is 0 Å². The lowest BCUT2D eigenvalue weighted by atomic mass is 10.4. The predicted octanol–water partition coefficient (Wildman–Crippen LogP) is 0.850. The maximum absolute atomic E-state index is 12.0. The van der Waals surface area contributed by atoms with Crippen LogP contribution in [-0.4, -0.2) is 55.5 Å². The summed E-state index contributed by atoms with van der Waals surface area (Å²) in [6.45, 7) is 3.75. The molecule has 0 aliphatic carbocycles. The van der Waals surface area contributed by atoms with Gasteiger partial charge >= 0.3 is 0 Å². The van der Waals surface area contributed by atoms with Crippen molar-refractivity contribution in [2.45, 2.75) is 39.2 Å². The fraction of sp³-hybridized carbons (Fsp3) is 0.769. The quantitative estimate of drug-likeness (QED) is 0.655. The van der Waals surface area contributed by atoms with Crippen LogP contribution in [0.5, 0.6) is 0 Å². The first-order valence-electron chi connectivity index (χ1n) is 7.83. The molecular weight excluding hydrogens is 340 g/mol. The zero-order chi connectivity index (χ0) is 16.9. The van der Waals surface area contributed by atoms with Crippen molar-refractivity contribution in [1.82, 2.24) is 14.1 Å². The molecule has 23 heavy (non-hydrogen) atoms. The largest absolute Gasteiger partial charge is 0.280 e. The third-order valence-corrected chi connectivity index (χ3v) is 7.08. The van der Waals surface area contributed by atoms with Gasteiger partial charge in [-0.25, -0.2) is 21.1 Å². The predicted molar refractivity (Wildman–Crippen MR) is 89.1 cm³/mol. The van der Waals surface area contributed by atoms with Gasteiger partial charge < -0.3 is 0 Å². The summed E-state index contributed by atoms with van der Waals surface area (Å²) in [4.78, 5) is 0. The third kappa shape index (κ3) is 5.47. The van der Waals surface area contributed by atoms with Crippen molar-refractivity contribution in [3.8, 4) is 0 Å². The lowest BCUT2D eigenvalue weighted by Crippen LogP contribution is -2.30. The molecule has 0 amide bonds.